The molecule has 0 atom stereocenters. The van der Waals surface area contributed by atoms with Crippen LogP contribution in [0, 0.1) is 0 Å². The molecule has 0 radical (unpaired) electrons. The molecule has 0 spiro atoms. The Morgan fingerprint density at radius 2 is 1.49 bits per heavy atom. The monoisotopic (exact) mass is 617 g/mol. The first-order valence-corrected chi connectivity index (χ1v) is 15.9. The van der Waals surface area contributed by atoms with Crippen LogP contribution in [0.3, 0.4) is 0 Å². The van der Waals surface area contributed by atoms with E-state index in [9.17, 15) is 14.7 Å². The van der Waals surface area contributed by atoms with Gasteiger partial charge in [-0.15, -0.1) is 0 Å². The van der Waals surface area contributed by atoms with Gasteiger partial charge in [-0.05, 0) is 84.3 Å². The van der Waals surface area contributed by atoms with E-state index in [1.165, 1.54) is 19.3 Å². The second-order valence-corrected chi connectivity index (χ2v) is 12.2. The largest absolute Gasteiger partial charge is 0.478 e. The van der Waals surface area contributed by atoms with Crippen LogP contribution in [-0.2, 0) is 0 Å². The zero-order valence-electron chi connectivity index (χ0n) is 25.6. The average Bonchev–Trinajstić information content (AvgIpc) is 3.50. The molecule has 1 aliphatic carbocycles. The Morgan fingerprint density at radius 1 is 0.702 bits per heavy atom. The Hall–Kier alpha value is -5.89. The van der Waals surface area contributed by atoms with Crippen molar-refractivity contribution in [3.8, 4) is 22.6 Å². The van der Waals surface area contributed by atoms with Crippen molar-refractivity contribution in [1.82, 2.24) is 19.5 Å². The Balaban J connectivity index is 1.14. The minimum atomic E-state index is -0.972. The van der Waals surface area contributed by atoms with Crippen molar-refractivity contribution in [1.29, 1.82) is 0 Å². The van der Waals surface area contributed by atoms with Crippen molar-refractivity contribution in [2.75, 3.05) is 5.32 Å². The summed E-state index contributed by atoms with van der Waals surface area (Å²) >= 11 is 0. The number of aromatic carboxylic acids is 1. The highest BCUT2D eigenvalue weighted by atomic mass is 16.4. The molecule has 8 nitrogen and oxygen atoms in total. The number of fused-ring (bicyclic) bond motifs is 3. The van der Waals surface area contributed by atoms with E-state index in [0.29, 0.717) is 17.3 Å². The van der Waals surface area contributed by atoms with E-state index in [2.05, 4.69) is 22.0 Å². The summed E-state index contributed by atoms with van der Waals surface area (Å²) in [6.07, 6.45) is 7.60. The molecule has 5 aromatic carbocycles. The molecule has 0 aliphatic heterocycles. The average molecular weight is 618 g/mol. The second kappa shape index (κ2) is 11.8. The fourth-order valence-electron chi connectivity index (χ4n) is 6.71. The minimum Gasteiger partial charge on any atom is -0.478 e. The van der Waals surface area contributed by atoms with Crippen molar-refractivity contribution in [3.05, 3.63) is 120 Å². The van der Waals surface area contributed by atoms with Gasteiger partial charge in [0.05, 0.1) is 39.5 Å². The number of nitrogens with zero attached hydrogens (tertiary/aromatic N) is 4. The zero-order chi connectivity index (χ0) is 31.9. The number of carbonyl (C=O) groups is 2. The molecule has 2 N–H and O–H groups in total. The maximum atomic E-state index is 13.4. The van der Waals surface area contributed by atoms with Crippen molar-refractivity contribution in [3.63, 3.8) is 0 Å². The van der Waals surface area contributed by atoms with Crippen LogP contribution < -0.4 is 5.32 Å². The Kier molecular flexibility index (Phi) is 7.17. The van der Waals surface area contributed by atoms with Gasteiger partial charge >= 0.3 is 5.97 Å². The summed E-state index contributed by atoms with van der Waals surface area (Å²) in [6, 6.07) is 32.6. The molecule has 2 aromatic heterocycles. The number of rotatable bonds is 6. The highest BCUT2D eigenvalue weighted by molar-refractivity contribution is 6.07. The molecule has 0 unspecified atom stereocenters. The van der Waals surface area contributed by atoms with Gasteiger partial charge in [0.25, 0.3) is 5.91 Å². The van der Waals surface area contributed by atoms with Crippen LogP contribution >= 0.6 is 0 Å². The van der Waals surface area contributed by atoms with E-state index in [4.69, 9.17) is 15.0 Å². The first-order valence-electron chi connectivity index (χ1n) is 15.9. The van der Waals surface area contributed by atoms with Crippen molar-refractivity contribution < 1.29 is 14.7 Å². The third-order valence-corrected chi connectivity index (χ3v) is 9.11. The lowest BCUT2D eigenvalue weighted by molar-refractivity contribution is 0.0697. The number of aromatic nitrogens is 4. The maximum Gasteiger partial charge on any atom is 0.335 e. The minimum absolute atomic E-state index is 0.225. The van der Waals surface area contributed by atoms with Crippen molar-refractivity contribution >= 4 is 50.4 Å². The second-order valence-electron chi connectivity index (χ2n) is 12.2. The highest BCUT2D eigenvalue weighted by Gasteiger charge is 2.23. The van der Waals surface area contributed by atoms with Gasteiger partial charge in [0.1, 0.15) is 5.82 Å². The smallest absolute Gasteiger partial charge is 0.335 e. The molecule has 7 aromatic rings. The Morgan fingerprint density at radius 3 is 2.32 bits per heavy atom. The number of benzene rings is 5. The molecule has 1 fully saturated rings. The summed E-state index contributed by atoms with van der Waals surface area (Å²) in [4.78, 5) is 39.5. The van der Waals surface area contributed by atoms with E-state index < -0.39 is 5.97 Å². The number of carboxylic acids is 1. The molecule has 1 saturated carbocycles. The molecule has 0 bridgehead atoms. The molecular weight excluding hydrogens is 586 g/mol. The number of carbonyl (C=O) groups excluding carboxylic acids is 1. The SMILES string of the molecule is O=C(O)c1ccc2cc(NC(=O)c3ccc4c(c3)nc(-c3ccc5nc(-c6ccccc6)cnc5c3)n4C3CCCCC3)ccc2c1. The molecule has 1 amide bonds. The van der Waals surface area contributed by atoms with Crippen LogP contribution in [0.2, 0.25) is 0 Å². The van der Waals surface area contributed by atoms with E-state index in [1.807, 2.05) is 72.9 Å². The lowest BCUT2D eigenvalue weighted by Gasteiger charge is -2.25. The van der Waals surface area contributed by atoms with Gasteiger partial charge in [-0.3, -0.25) is 9.78 Å². The van der Waals surface area contributed by atoms with Crippen molar-refractivity contribution in [2.45, 2.75) is 38.1 Å². The van der Waals surface area contributed by atoms with Crippen LogP contribution in [0.15, 0.2) is 109 Å². The first-order chi connectivity index (χ1) is 23.0. The lowest BCUT2D eigenvalue weighted by Crippen LogP contribution is -2.14. The van der Waals surface area contributed by atoms with Gasteiger partial charge in [-0.1, -0.05) is 61.7 Å². The number of anilines is 1. The van der Waals surface area contributed by atoms with Crippen LogP contribution in [0.4, 0.5) is 5.69 Å². The van der Waals surface area contributed by atoms with Gasteiger partial charge in [0.2, 0.25) is 0 Å². The molecule has 2 heterocycles. The number of imidazole rings is 1. The van der Waals surface area contributed by atoms with E-state index in [0.717, 1.165) is 68.3 Å². The molecule has 230 valence electrons. The van der Waals surface area contributed by atoms with Crippen LogP contribution in [0.5, 0.6) is 0 Å². The van der Waals surface area contributed by atoms with Crippen LogP contribution in [0.25, 0.3) is 55.5 Å². The first kappa shape index (κ1) is 28.6. The topological polar surface area (TPSA) is 110 Å². The van der Waals surface area contributed by atoms with Crippen LogP contribution in [-0.4, -0.2) is 36.5 Å². The Bertz CT molecular complexity index is 2320. The molecule has 47 heavy (non-hydrogen) atoms. The third-order valence-electron chi connectivity index (χ3n) is 9.11. The number of carboxylic acid groups (broad SMARTS) is 1. The maximum absolute atomic E-state index is 13.4. The van der Waals surface area contributed by atoms with Crippen LogP contribution in [0.1, 0.15) is 58.9 Å². The lowest BCUT2D eigenvalue weighted by atomic mass is 9.94. The summed E-state index contributed by atoms with van der Waals surface area (Å²) in [7, 11) is 0. The third kappa shape index (κ3) is 5.48. The molecule has 8 heteroatoms. The number of hydrogen-bond donors (Lipinski definition) is 2. The fourth-order valence-corrected chi connectivity index (χ4v) is 6.71. The zero-order valence-corrected chi connectivity index (χ0v) is 25.6. The predicted octanol–water partition coefficient (Wildman–Crippen LogP) is 8.92. The summed E-state index contributed by atoms with van der Waals surface area (Å²) in [5.74, 6) is -0.339. The summed E-state index contributed by atoms with van der Waals surface area (Å²) in [5.41, 5.74) is 7.60. The summed E-state index contributed by atoms with van der Waals surface area (Å²) < 4.78 is 2.36. The van der Waals surface area contributed by atoms with Crippen molar-refractivity contribution in [2.24, 2.45) is 0 Å². The molecule has 1 aliphatic rings. The molecular formula is C39H31N5O3. The van der Waals surface area contributed by atoms with E-state index >= 15 is 0 Å². The van der Waals surface area contributed by atoms with Gasteiger partial charge in [-0.2, -0.15) is 0 Å². The van der Waals surface area contributed by atoms with E-state index in [-0.39, 0.29) is 11.5 Å². The van der Waals surface area contributed by atoms with E-state index in [1.54, 1.807) is 24.3 Å². The predicted molar refractivity (Wildman–Crippen MR) is 185 cm³/mol. The van der Waals surface area contributed by atoms with Gasteiger partial charge in [0, 0.05) is 28.4 Å². The van der Waals surface area contributed by atoms with Gasteiger partial charge in [-0.25, -0.2) is 14.8 Å². The normalized spacial score (nSPS) is 13.7. The quantitative estimate of drug-likeness (QED) is 0.193. The highest BCUT2D eigenvalue weighted by Crippen LogP contribution is 2.37. The number of hydrogen-bond acceptors (Lipinski definition) is 5. The van der Waals surface area contributed by atoms with Gasteiger partial charge in [0.15, 0.2) is 0 Å². The fraction of sp³-hybridized carbons (Fsp3) is 0.154. The standard InChI is InChI=1S/C39H31N5O3/c45-38(41-30-16-13-25-19-29(39(46)47)12-11-26(25)20-30)28-15-18-36-34(22-28)43-37(44(36)31-9-5-2-6-10-31)27-14-17-32-33(21-27)40-23-35(42-32)24-7-3-1-4-8-24/h1,3-4,7-8,11-23,31H,2,5-6,9-10H2,(H,41,45)(H,46,47). The Labute approximate surface area is 270 Å². The summed E-state index contributed by atoms with van der Waals surface area (Å²) in [6.45, 7) is 0. The number of amides is 1. The molecule has 0 saturated heterocycles. The molecule has 8 rings (SSSR count). The number of nitrogens with one attached hydrogen (secondary N) is 1. The van der Waals surface area contributed by atoms with Gasteiger partial charge < -0.3 is 15.0 Å². The summed E-state index contributed by atoms with van der Waals surface area (Å²) in [5, 5.41) is 13.9.